The van der Waals surface area contributed by atoms with Crippen LogP contribution < -0.4 is 4.74 Å². The number of nitrogens with one attached hydrogen (secondary N) is 1. The maximum Gasteiger partial charge on any atom is 0.258 e. The number of aromatic nitrogens is 2. The third-order valence-corrected chi connectivity index (χ3v) is 5.41. The van der Waals surface area contributed by atoms with Crippen LogP contribution in [0.3, 0.4) is 0 Å². The summed E-state index contributed by atoms with van der Waals surface area (Å²) in [6, 6.07) is 5.27. The summed E-state index contributed by atoms with van der Waals surface area (Å²) >= 11 is 0. The zero-order valence-electron chi connectivity index (χ0n) is 16.1. The largest absolute Gasteiger partial charge is 0.486 e. The molecule has 8 heteroatoms. The maximum absolute atomic E-state index is 12.7. The molecule has 0 amide bonds. The first kappa shape index (κ1) is 18.8. The normalized spacial score (nSPS) is 19.1. The van der Waals surface area contributed by atoms with Crippen molar-refractivity contribution in [3.8, 4) is 17.2 Å². The number of ether oxygens (including phenoxy) is 1. The predicted molar refractivity (Wildman–Crippen MR) is 107 cm³/mol. The van der Waals surface area contributed by atoms with Crippen LogP contribution in [0.25, 0.3) is 17.0 Å². The number of fused-ring (bicyclic) bond motifs is 1. The molecule has 0 saturated heterocycles. The van der Waals surface area contributed by atoms with Gasteiger partial charge in [0.1, 0.15) is 17.1 Å². The molecule has 1 aliphatic heterocycles. The number of oxime groups is 1. The molecule has 8 nitrogen and oxygen atoms in total. The zero-order chi connectivity index (χ0) is 20.6. The standard InChI is InChI=1S/C21H20N4O4/c1-3-21(4-2)11-17(26)14-9-13(6-8-18(14)28-21)20-23-19(25-29-20)12-5-7-16(24-27)15(22)10-12/h5-10,22,27H,3-4,11H2,1-2H3/b22-15?,24-16-. The van der Waals surface area contributed by atoms with Gasteiger partial charge >= 0.3 is 0 Å². The quantitative estimate of drug-likeness (QED) is 0.460. The van der Waals surface area contributed by atoms with Crippen LogP contribution in [0.2, 0.25) is 0 Å². The predicted octanol–water partition coefficient (Wildman–Crippen LogP) is 4.06. The summed E-state index contributed by atoms with van der Waals surface area (Å²) < 4.78 is 11.5. The van der Waals surface area contributed by atoms with E-state index in [0.717, 1.165) is 12.8 Å². The average Bonchev–Trinajstić information content (AvgIpc) is 3.23. The lowest BCUT2D eigenvalue weighted by Crippen LogP contribution is -2.40. The monoisotopic (exact) mass is 392 g/mol. The van der Waals surface area contributed by atoms with E-state index in [1.165, 1.54) is 12.2 Å². The van der Waals surface area contributed by atoms with Crippen LogP contribution in [0.4, 0.5) is 0 Å². The van der Waals surface area contributed by atoms with Crippen molar-refractivity contribution in [2.75, 3.05) is 0 Å². The first-order valence-electron chi connectivity index (χ1n) is 9.40. The molecule has 1 aromatic heterocycles. The van der Waals surface area contributed by atoms with Crippen LogP contribution in [-0.2, 0) is 0 Å². The molecular formula is C21H20N4O4. The average molecular weight is 392 g/mol. The lowest BCUT2D eigenvalue weighted by atomic mass is 9.85. The van der Waals surface area contributed by atoms with Crippen molar-refractivity contribution in [1.82, 2.24) is 10.1 Å². The summed E-state index contributed by atoms with van der Waals surface area (Å²) in [5, 5.41) is 23.7. The highest BCUT2D eigenvalue weighted by atomic mass is 16.5. The fraction of sp³-hybridized carbons (Fsp3) is 0.286. The maximum atomic E-state index is 12.7. The number of rotatable bonds is 4. The number of nitrogens with zero attached hydrogens (tertiary/aromatic N) is 3. The number of hydrogen-bond donors (Lipinski definition) is 2. The van der Waals surface area contributed by atoms with Gasteiger partial charge in [0, 0.05) is 11.1 Å². The highest BCUT2D eigenvalue weighted by molar-refractivity contribution is 6.51. The van der Waals surface area contributed by atoms with Gasteiger partial charge in [-0.25, -0.2) is 0 Å². The minimum absolute atomic E-state index is 0.0405. The van der Waals surface area contributed by atoms with Crippen molar-refractivity contribution in [3.63, 3.8) is 0 Å². The fourth-order valence-corrected chi connectivity index (χ4v) is 3.49. The highest BCUT2D eigenvalue weighted by Gasteiger charge is 2.37. The van der Waals surface area contributed by atoms with Crippen LogP contribution in [-0.4, -0.2) is 38.2 Å². The van der Waals surface area contributed by atoms with E-state index in [-0.39, 0.29) is 23.1 Å². The number of allylic oxidation sites excluding steroid dienone is 4. The van der Waals surface area contributed by atoms with E-state index in [9.17, 15) is 4.79 Å². The molecule has 2 aromatic rings. The van der Waals surface area contributed by atoms with E-state index in [2.05, 4.69) is 15.3 Å². The number of ketones is 1. The summed E-state index contributed by atoms with van der Waals surface area (Å²) in [6.45, 7) is 4.05. The molecule has 148 valence electrons. The van der Waals surface area contributed by atoms with Crippen LogP contribution in [0.5, 0.6) is 5.75 Å². The Kier molecular flexibility index (Phi) is 4.62. The van der Waals surface area contributed by atoms with Gasteiger partial charge in [-0.15, -0.1) is 0 Å². The molecule has 0 atom stereocenters. The Labute approximate surface area is 167 Å². The summed E-state index contributed by atoms with van der Waals surface area (Å²) in [5.74, 6) is 1.18. The van der Waals surface area contributed by atoms with Crippen molar-refractivity contribution in [2.24, 2.45) is 5.16 Å². The summed E-state index contributed by atoms with van der Waals surface area (Å²) in [6.07, 6.45) is 6.51. The van der Waals surface area contributed by atoms with Crippen molar-refractivity contribution in [1.29, 1.82) is 5.41 Å². The number of benzene rings is 1. The minimum atomic E-state index is -0.440. The van der Waals surface area contributed by atoms with Crippen molar-refractivity contribution >= 4 is 22.8 Å². The van der Waals surface area contributed by atoms with Crippen LogP contribution >= 0.6 is 0 Å². The third kappa shape index (κ3) is 3.26. The third-order valence-electron chi connectivity index (χ3n) is 5.41. The van der Waals surface area contributed by atoms with Gasteiger partial charge in [0.05, 0.1) is 17.7 Å². The molecule has 0 unspecified atom stereocenters. The lowest BCUT2D eigenvalue weighted by molar-refractivity contribution is 0.0350. The Hall–Kier alpha value is -3.55. The second-order valence-electron chi connectivity index (χ2n) is 7.06. The van der Waals surface area contributed by atoms with Crippen molar-refractivity contribution in [3.05, 3.63) is 47.8 Å². The van der Waals surface area contributed by atoms with E-state index in [0.29, 0.717) is 34.7 Å². The molecule has 2 N–H and O–H groups in total. The number of Topliss-reactive ketones (excluding diaryl/α,β-unsaturated/α-hetero) is 1. The SMILES string of the molecule is CCC1(CC)CC(=O)c2cc(-c3nc(C4=CC(=N)/C(=N\O)C=C4)no3)ccc2O1. The minimum Gasteiger partial charge on any atom is -0.486 e. The summed E-state index contributed by atoms with van der Waals surface area (Å²) in [5.41, 5.74) is 1.45. The number of hydrogen-bond acceptors (Lipinski definition) is 8. The summed E-state index contributed by atoms with van der Waals surface area (Å²) in [4.78, 5) is 17.1. The van der Waals surface area contributed by atoms with Gasteiger partial charge < -0.3 is 14.5 Å². The topological polar surface area (TPSA) is 122 Å². The molecule has 1 aliphatic carbocycles. The number of carbonyl (C=O) groups is 1. The lowest BCUT2D eigenvalue weighted by Gasteiger charge is -2.36. The molecule has 0 saturated carbocycles. The molecule has 0 bridgehead atoms. The summed E-state index contributed by atoms with van der Waals surface area (Å²) in [7, 11) is 0. The van der Waals surface area contributed by atoms with Gasteiger partial charge in [0.2, 0.25) is 5.82 Å². The van der Waals surface area contributed by atoms with E-state index in [1.54, 1.807) is 24.3 Å². The number of carbonyl (C=O) groups excluding carboxylic acids is 1. The first-order chi connectivity index (χ1) is 14.0. The highest BCUT2D eigenvalue weighted by Crippen LogP contribution is 2.38. The Bertz CT molecular complexity index is 1090. The van der Waals surface area contributed by atoms with Gasteiger partial charge in [-0.1, -0.05) is 24.2 Å². The van der Waals surface area contributed by atoms with E-state index >= 15 is 0 Å². The molecule has 1 aromatic carbocycles. The molecule has 0 spiro atoms. The van der Waals surface area contributed by atoms with Crippen LogP contribution in [0, 0.1) is 5.41 Å². The van der Waals surface area contributed by atoms with Crippen molar-refractivity contribution in [2.45, 2.75) is 38.7 Å². The van der Waals surface area contributed by atoms with Gasteiger partial charge in [0.15, 0.2) is 5.78 Å². The van der Waals surface area contributed by atoms with Gasteiger partial charge in [-0.2, -0.15) is 4.98 Å². The second kappa shape index (κ2) is 7.12. The van der Waals surface area contributed by atoms with E-state index in [4.69, 9.17) is 19.9 Å². The van der Waals surface area contributed by atoms with Gasteiger partial charge in [-0.05, 0) is 49.3 Å². The molecule has 0 fully saturated rings. The molecule has 0 radical (unpaired) electrons. The van der Waals surface area contributed by atoms with Crippen molar-refractivity contribution < 1.29 is 19.3 Å². The zero-order valence-corrected chi connectivity index (χ0v) is 16.1. The Balaban J connectivity index is 1.64. The van der Waals surface area contributed by atoms with Crippen LogP contribution in [0.1, 0.15) is 49.3 Å². The van der Waals surface area contributed by atoms with Gasteiger partial charge in [-0.3, -0.25) is 10.2 Å². The molecule has 4 rings (SSSR count). The Morgan fingerprint density at radius 1 is 1.28 bits per heavy atom. The molecular weight excluding hydrogens is 372 g/mol. The van der Waals surface area contributed by atoms with Gasteiger partial charge in [0.25, 0.3) is 5.89 Å². The van der Waals surface area contributed by atoms with E-state index in [1.807, 2.05) is 13.8 Å². The van der Waals surface area contributed by atoms with Crippen LogP contribution in [0.15, 0.2) is 46.1 Å². The Morgan fingerprint density at radius 3 is 2.76 bits per heavy atom. The smallest absolute Gasteiger partial charge is 0.258 e. The second-order valence-corrected chi connectivity index (χ2v) is 7.06. The molecule has 29 heavy (non-hydrogen) atoms. The molecule has 2 aliphatic rings. The molecule has 2 heterocycles. The fourth-order valence-electron chi connectivity index (χ4n) is 3.49. The first-order valence-corrected chi connectivity index (χ1v) is 9.40. The Morgan fingerprint density at radius 2 is 2.07 bits per heavy atom. The van der Waals surface area contributed by atoms with E-state index < -0.39 is 5.60 Å².